The molecule has 0 bridgehead atoms. The Morgan fingerprint density at radius 3 is 2.52 bits per heavy atom. The number of nitrogens with zero attached hydrogens (tertiary/aromatic N) is 4. The number of likely N-dealkylation sites (tertiary alicyclic amines) is 1. The number of piperidine rings is 1. The van der Waals surface area contributed by atoms with Crippen LogP contribution in [0, 0.1) is 18.9 Å². The normalized spacial score (nSPS) is 14.0. The zero-order chi connectivity index (χ0) is 21.5. The number of benzene rings is 1. The minimum Gasteiger partial charge on any atom is -0.369 e. The second-order valence-corrected chi connectivity index (χ2v) is 7.27. The smallest absolute Gasteiger partial charge is 0.369 e. The van der Waals surface area contributed by atoms with Gasteiger partial charge in [-0.25, -0.2) is 18.2 Å². The Kier molecular flexibility index (Phi) is 10.2. The topological polar surface area (TPSA) is 53.9 Å². The summed E-state index contributed by atoms with van der Waals surface area (Å²) in [6.45, 7) is 4.37. The molecule has 0 spiro atoms. The quantitative estimate of drug-likeness (QED) is 0.498. The summed E-state index contributed by atoms with van der Waals surface area (Å²) in [6, 6.07) is 7.28. The van der Waals surface area contributed by atoms with E-state index in [1.165, 1.54) is 44.5 Å². The summed E-state index contributed by atoms with van der Waals surface area (Å²) in [5.74, 6) is 0.0568. The molecule has 0 aliphatic carbocycles. The van der Waals surface area contributed by atoms with Crippen molar-refractivity contribution in [3.63, 3.8) is 0 Å². The van der Waals surface area contributed by atoms with Gasteiger partial charge in [0.1, 0.15) is 17.5 Å². The summed E-state index contributed by atoms with van der Waals surface area (Å²) < 4.78 is 39.5. The van der Waals surface area contributed by atoms with Crippen molar-refractivity contribution < 1.29 is 42.7 Å². The number of nitrogens with one attached hydrogen (secondary N) is 1. The van der Waals surface area contributed by atoms with Crippen molar-refractivity contribution in [3.8, 4) is 0 Å². The first-order valence-electron chi connectivity index (χ1n) is 9.95. The number of aromatic nitrogens is 3. The van der Waals surface area contributed by atoms with Crippen LogP contribution in [0.3, 0.4) is 0 Å². The van der Waals surface area contributed by atoms with E-state index < -0.39 is 17.8 Å². The molecule has 0 amide bonds. The molecule has 31 heavy (non-hydrogen) atoms. The third-order valence-electron chi connectivity index (χ3n) is 4.90. The predicted octanol–water partition coefficient (Wildman–Crippen LogP) is 1.93. The van der Waals surface area contributed by atoms with Crippen LogP contribution in [0.15, 0.2) is 30.3 Å². The number of anilines is 1. The molecule has 1 saturated heterocycles. The molecular weight excluding hydrogens is 414 g/mol. The van der Waals surface area contributed by atoms with Gasteiger partial charge in [-0.15, -0.1) is 0 Å². The van der Waals surface area contributed by atoms with Crippen LogP contribution < -0.4 is 34.9 Å². The fraction of sp³-hybridized carbons (Fsp3) is 0.409. The molecule has 1 fully saturated rings. The second kappa shape index (κ2) is 12.3. The Morgan fingerprint density at radius 1 is 1.13 bits per heavy atom. The Hall–Kier alpha value is -1.74. The maximum Gasteiger partial charge on any atom is 1.00 e. The van der Waals surface area contributed by atoms with E-state index in [0.29, 0.717) is 22.7 Å². The van der Waals surface area contributed by atoms with Gasteiger partial charge >= 0.3 is 29.6 Å². The van der Waals surface area contributed by atoms with Crippen LogP contribution in [0.1, 0.15) is 42.6 Å². The van der Waals surface area contributed by atoms with Gasteiger partial charge in [0.05, 0.1) is 11.2 Å². The van der Waals surface area contributed by atoms with Gasteiger partial charge in [0, 0.05) is 12.1 Å². The van der Waals surface area contributed by atoms with E-state index in [-0.39, 0.29) is 41.7 Å². The fourth-order valence-electron chi connectivity index (χ4n) is 3.29. The van der Waals surface area contributed by atoms with Crippen LogP contribution in [0.2, 0.25) is 0 Å². The zero-order valence-electron chi connectivity index (χ0n) is 18.1. The molecule has 0 saturated carbocycles. The predicted molar refractivity (Wildman–Crippen MR) is 111 cm³/mol. The average Bonchev–Trinajstić information content (AvgIpc) is 2.73. The van der Waals surface area contributed by atoms with E-state index in [2.05, 4.69) is 38.4 Å². The summed E-state index contributed by atoms with van der Waals surface area (Å²) in [4.78, 5) is 14.9. The molecule has 2 aromatic heterocycles. The largest absolute Gasteiger partial charge is 1.00 e. The zero-order valence-corrected chi connectivity index (χ0v) is 20.1. The molecule has 4 rings (SSSR count). The molecule has 160 valence electrons. The number of pyridine rings is 1. The van der Waals surface area contributed by atoms with Gasteiger partial charge in [-0.2, -0.15) is 12.1 Å². The van der Waals surface area contributed by atoms with Crippen molar-refractivity contribution in [2.24, 2.45) is 0 Å². The number of aryl methyl sites for hydroxylation is 1. The van der Waals surface area contributed by atoms with Gasteiger partial charge < -0.3 is 15.2 Å². The SMILES string of the molecule is CN1CCCCC1.Cc1nc(NCc2cccc(C(F)F)c2F)c2cc[c-]nc2n1.[Na+]. The summed E-state index contributed by atoms with van der Waals surface area (Å²) in [5.41, 5.74) is -0.00346. The van der Waals surface area contributed by atoms with Crippen LogP contribution in [-0.4, -0.2) is 40.0 Å². The standard InChI is InChI=1S/C16H12F3N4.C6H13N.Na/c1-9-22-15-12(6-3-7-20-15)16(23-9)21-8-10-4-2-5-11(13(10)17)14(18)19;1-7-5-3-2-4-6-7;/h2-6,14H,8H2,1H3,(H,20,21,22,23);2-6H2,1H3;/q-1;;+1. The van der Waals surface area contributed by atoms with Gasteiger partial charge in [-0.3, -0.25) is 4.98 Å². The maximum absolute atomic E-state index is 14.0. The van der Waals surface area contributed by atoms with E-state index in [9.17, 15) is 13.2 Å². The molecule has 0 unspecified atom stereocenters. The Morgan fingerprint density at radius 2 is 1.87 bits per heavy atom. The average molecular weight is 439 g/mol. The third-order valence-corrected chi connectivity index (χ3v) is 4.90. The molecule has 0 atom stereocenters. The Labute approximate surface area is 202 Å². The maximum atomic E-state index is 14.0. The van der Waals surface area contributed by atoms with Gasteiger partial charge in [0.15, 0.2) is 0 Å². The number of fused-ring (bicyclic) bond motifs is 1. The summed E-state index contributed by atoms with van der Waals surface area (Å²) in [7, 11) is 2.19. The monoisotopic (exact) mass is 439 g/mol. The molecule has 3 heterocycles. The summed E-state index contributed by atoms with van der Waals surface area (Å²) in [5, 5.41) is 3.61. The molecule has 9 heteroatoms. The molecule has 1 N–H and O–H groups in total. The van der Waals surface area contributed by atoms with Crippen LogP contribution in [0.5, 0.6) is 0 Å². The van der Waals surface area contributed by atoms with Gasteiger partial charge in [0.25, 0.3) is 6.43 Å². The first-order valence-corrected chi connectivity index (χ1v) is 9.95. The van der Waals surface area contributed by atoms with E-state index in [0.717, 1.165) is 6.07 Å². The third kappa shape index (κ3) is 7.14. The number of rotatable bonds is 4. The Bertz CT molecular complexity index is 981. The van der Waals surface area contributed by atoms with Crippen LogP contribution in [0.25, 0.3) is 11.0 Å². The van der Waals surface area contributed by atoms with Crippen LogP contribution >= 0.6 is 0 Å². The number of alkyl halides is 2. The van der Waals surface area contributed by atoms with E-state index >= 15 is 0 Å². The second-order valence-electron chi connectivity index (χ2n) is 7.27. The number of halogens is 3. The van der Waals surface area contributed by atoms with Crippen molar-refractivity contribution >= 4 is 16.9 Å². The van der Waals surface area contributed by atoms with Gasteiger partial charge in [0.2, 0.25) is 0 Å². The molecule has 1 aromatic carbocycles. The first kappa shape index (κ1) is 25.5. The van der Waals surface area contributed by atoms with Crippen LogP contribution in [0.4, 0.5) is 19.0 Å². The minimum atomic E-state index is -2.85. The van der Waals surface area contributed by atoms with Crippen molar-refractivity contribution in [2.45, 2.75) is 39.2 Å². The van der Waals surface area contributed by atoms with E-state index in [4.69, 9.17) is 0 Å². The van der Waals surface area contributed by atoms with Crippen molar-refractivity contribution in [2.75, 3.05) is 25.5 Å². The Balaban J connectivity index is 0.000000364. The fourth-order valence-corrected chi connectivity index (χ4v) is 3.29. The van der Waals surface area contributed by atoms with E-state index in [1.54, 1.807) is 19.1 Å². The molecule has 1 aliphatic rings. The van der Waals surface area contributed by atoms with Crippen molar-refractivity contribution in [1.29, 1.82) is 0 Å². The summed E-state index contributed by atoms with van der Waals surface area (Å²) >= 11 is 0. The molecule has 3 aromatic rings. The number of hydrogen-bond donors (Lipinski definition) is 1. The van der Waals surface area contributed by atoms with Gasteiger partial charge in [-0.1, -0.05) is 30.8 Å². The van der Waals surface area contributed by atoms with Crippen LogP contribution in [-0.2, 0) is 6.54 Å². The van der Waals surface area contributed by atoms with Gasteiger partial charge in [-0.05, 0) is 45.3 Å². The molecule has 5 nitrogen and oxygen atoms in total. The minimum absolute atomic E-state index is 0. The molecule has 0 radical (unpaired) electrons. The van der Waals surface area contributed by atoms with E-state index in [1.807, 2.05) is 0 Å². The summed E-state index contributed by atoms with van der Waals surface area (Å²) in [6.07, 6.45) is 4.11. The molecular formula is C22H25F3N5Na. The molecule has 1 aliphatic heterocycles. The first-order chi connectivity index (χ1) is 14.5. The number of hydrogen-bond acceptors (Lipinski definition) is 5. The van der Waals surface area contributed by atoms with Crippen molar-refractivity contribution in [3.05, 3.63) is 59.3 Å². The van der Waals surface area contributed by atoms with Crippen molar-refractivity contribution in [1.82, 2.24) is 19.9 Å².